The van der Waals surface area contributed by atoms with E-state index in [4.69, 9.17) is 23.2 Å². The molecule has 0 aliphatic rings. The third kappa shape index (κ3) is 5.82. The van der Waals surface area contributed by atoms with Crippen LogP contribution in [-0.2, 0) is 17.8 Å². The van der Waals surface area contributed by atoms with Crippen LogP contribution in [0.3, 0.4) is 0 Å². The standard InChI is InChI=1S/C20H19Cl2N5OS/c1-2-11-27-19(15-5-8-23-9-6-15)25-26-20(27)29-13-18(28)24-10-7-14-3-4-16(21)12-17(14)22/h2-6,8-9,12H,1,7,10-11,13H2,(H,24,28). The summed E-state index contributed by atoms with van der Waals surface area (Å²) in [6.07, 6.45) is 5.81. The Hall–Kier alpha value is -2.35. The molecule has 0 saturated carbocycles. The first-order valence-electron chi connectivity index (χ1n) is 8.86. The van der Waals surface area contributed by atoms with Crippen LogP contribution in [0.25, 0.3) is 11.4 Å². The van der Waals surface area contributed by atoms with Gasteiger partial charge in [-0.3, -0.25) is 14.3 Å². The SMILES string of the molecule is C=CCn1c(SCC(=O)NCCc2ccc(Cl)cc2Cl)nnc1-c1ccncc1. The number of aromatic nitrogens is 4. The second-order valence-corrected chi connectivity index (χ2v) is 7.85. The van der Waals surface area contributed by atoms with E-state index in [1.807, 2.05) is 22.8 Å². The minimum Gasteiger partial charge on any atom is -0.355 e. The largest absolute Gasteiger partial charge is 0.355 e. The molecule has 0 saturated heterocycles. The summed E-state index contributed by atoms with van der Waals surface area (Å²) in [6, 6.07) is 9.08. The highest BCUT2D eigenvalue weighted by Gasteiger charge is 2.15. The number of nitrogens with one attached hydrogen (secondary N) is 1. The molecule has 1 N–H and O–H groups in total. The van der Waals surface area contributed by atoms with Crippen molar-refractivity contribution in [2.75, 3.05) is 12.3 Å². The van der Waals surface area contributed by atoms with Crippen LogP contribution in [0, 0.1) is 0 Å². The molecule has 0 radical (unpaired) electrons. The summed E-state index contributed by atoms with van der Waals surface area (Å²) < 4.78 is 1.92. The first kappa shape index (κ1) is 21.4. The van der Waals surface area contributed by atoms with Crippen LogP contribution in [0.15, 0.2) is 60.5 Å². The summed E-state index contributed by atoms with van der Waals surface area (Å²) in [7, 11) is 0. The Labute approximate surface area is 183 Å². The van der Waals surface area contributed by atoms with Crippen LogP contribution in [0.1, 0.15) is 5.56 Å². The normalized spacial score (nSPS) is 10.7. The molecule has 0 fully saturated rings. The molecule has 0 bridgehead atoms. The fourth-order valence-electron chi connectivity index (χ4n) is 2.65. The number of carbonyl (C=O) groups excluding carboxylic acids is 1. The number of rotatable bonds is 9. The molecule has 6 nitrogen and oxygen atoms in total. The lowest BCUT2D eigenvalue weighted by Crippen LogP contribution is -2.27. The maximum absolute atomic E-state index is 12.2. The molecule has 150 valence electrons. The number of pyridine rings is 1. The molecule has 0 unspecified atom stereocenters. The Kier molecular flexibility index (Phi) is 7.69. The van der Waals surface area contributed by atoms with Crippen molar-refractivity contribution in [3.05, 3.63) is 71.0 Å². The minimum atomic E-state index is -0.0845. The highest BCUT2D eigenvalue weighted by molar-refractivity contribution is 7.99. The van der Waals surface area contributed by atoms with Crippen molar-refractivity contribution < 1.29 is 4.79 Å². The van der Waals surface area contributed by atoms with Gasteiger partial charge in [0.05, 0.1) is 5.75 Å². The molecule has 0 atom stereocenters. The minimum absolute atomic E-state index is 0.0845. The lowest BCUT2D eigenvalue weighted by molar-refractivity contribution is -0.118. The topological polar surface area (TPSA) is 72.7 Å². The van der Waals surface area contributed by atoms with Gasteiger partial charge in [-0.05, 0) is 36.2 Å². The van der Waals surface area contributed by atoms with Gasteiger partial charge in [0.25, 0.3) is 0 Å². The molecular weight excluding hydrogens is 429 g/mol. The van der Waals surface area contributed by atoms with Crippen molar-refractivity contribution in [3.63, 3.8) is 0 Å². The van der Waals surface area contributed by atoms with Crippen LogP contribution >= 0.6 is 35.0 Å². The maximum atomic E-state index is 12.2. The molecule has 1 amide bonds. The molecular formula is C20H19Cl2N5OS. The number of amides is 1. The van der Waals surface area contributed by atoms with Crippen LogP contribution < -0.4 is 5.32 Å². The van der Waals surface area contributed by atoms with Crippen molar-refractivity contribution in [2.45, 2.75) is 18.1 Å². The zero-order valence-electron chi connectivity index (χ0n) is 15.5. The van der Waals surface area contributed by atoms with Gasteiger partial charge in [-0.1, -0.05) is 47.1 Å². The first-order chi connectivity index (χ1) is 14.1. The average molecular weight is 448 g/mol. The van der Waals surface area contributed by atoms with Gasteiger partial charge in [-0.25, -0.2) is 0 Å². The number of hydrogen-bond acceptors (Lipinski definition) is 5. The number of benzene rings is 1. The van der Waals surface area contributed by atoms with Crippen molar-refractivity contribution in [1.82, 2.24) is 25.1 Å². The molecule has 1 aromatic carbocycles. The Bertz CT molecular complexity index is 994. The summed E-state index contributed by atoms with van der Waals surface area (Å²) in [5.74, 6) is 0.867. The Balaban J connectivity index is 1.56. The van der Waals surface area contributed by atoms with Crippen LogP contribution in [0.4, 0.5) is 0 Å². The number of carbonyl (C=O) groups is 1. The average Bonchev–Trinajstić information content (AvgIpc) is 3.12. The molecule has 9 heteroatoms. The first-order valence-corrected chi connectivity index (χ1v) is 10.6. The van der Waals surface area contributed by atoms with E-state index >= 15 is 0 Å². The maximum Gasteiger partial charge on any atom is 0.230 e. The Morgan fingerprint density at radius 3 is 2.72 bits per heavy atom. The monoisotopic (exact) mass is 447 g/mol. The molecule has 2 aromatic heterocycles. The van der Waals surface area contributed by atoms with E-state index in [-0.39, 0.29) is 11.7 Å². The predicted octanol–water partition coefficient (Wildman–Crippen LogP) is 4.28. The van der Waals surface area contributed by atoms with E-state index in [1.165, 1.54) is 11.8 Å². The van der Waals surface area contributed by atoms with Crippen LogP contribution in [0.2, 0.25) is 10.0 Å². The zero-order chi connectivity index (χ0) is 20.6. The van der Waals surface area contributed by atoms with Gasteiger partial charge in [0.2, 0.25) is 5.91 Å². The van der Waals surface area contributed by atoms with Gasteiger partial charge in [-0.2, -0.15) is 0 Å². The summed E-state index contributed by atoms with van der Waals surface area (Å²) in [5, 5.41) is 13.2. The zero-order valence-corrected chi connectivity index (χ0v) is 17.8. The summed E-state index contributed by atoms with van der Waals surface area (Å²) in [4.78, 5) is 16.2. The van der Waals surface area contributed by atoms with Crippen molar-refractivity contribution in [2.24, 2.45) is 0 Å². The highest BCUT2D eigenvalue weighted by Crippen LogP contribution is 2.24. The van der Waals surface area contributed by atoms with E-state index in [0.29, 0.717) is 40.5 Å². The van der Waals surface area contributed by atoms with Gasteiger partial charge in [0.15, 0.2) is 11.0 Å². The Morgan fingerprint density at radius 2 is 2.00 bits per heavy atom. The second-order valence-electron chi connectivity index (χ2n) is 6.07. The van der Waals surface area contributed by atoms with Gasteiger partial charge >= 0.3 is 0 Å². The van der Waals surface area contributed by atoms with Gasteiger partial charge in [0.1, 0.15) is 0 Å². The molecule has 0 aliphatic heterocycles. The molecule has 0 aliphatic carbocycles. The number of hydrogen-bond donors (Lipinski definition) is 1. The Morgan fingerprint density at radius 1 is 1.21 bits per heavy atom. The smallest absolute Gasteiger partial charge is 0.230 e. The number of thioether (sulfide) groups is 1. The lowest BCUT2D eigenvalue weighted by Gasteiger charge is -2.09. The van der Waals surface area contributed by atoms with E-state index in [1.54, 1.807) is 30.6 Å². The van der Waals surface area contributed by atoms with Gasteiger partial charge < -0.3 is 5.32 Å². The molecule has 29 heavy (non-hydrogen) atoms. The molecule has 2 heterocycles. The third-order valence-corrected chi connectivity index (χ3v) is 5.58. The summed E-state index contributed by atoms with van der Waals surface area (Å²) in [6.45, 7) is 4.83. The van der Waals surface area contributed by atoms with E-state index < -0.39 is 0 Å². The molecule has 3 aromatic rings. The van der Waals surface area contributed by atoms with E-state index in [2.05, 4.69) is 27.1 Å². The van der Waals surface area contributed by atoms with E-state index in [9.17, 15) is 4.79 Å². The van der Waals surface area contributed by atoms with Crippen molar-refractivity contribution in [1.29, 1.82) is 0 Å². The fraction of sp³-hybridized carbons (Fsp3) is 0.200. The lowest BCUT2D eigenvalue weighted by atomic mass is 10.1. The summed E-state index contributed by atoms with van der Waals surface area (Å²) >= 11 is 13.4. The number of allylic oxidation sites excluding steroid dienone is 1. The quantitative estimate of drug-likeness (QED) is 0.391. The number of halogens is 2. The predicted molar refractivity (Wildman–Crippen MR) is 117 cm³/mol. The number of nitrogens with zero attached hydrogens (tertiary/aromatic N) is 4. The summed E-state index contributed by atoms with van der Waals surface area (Å²) in [5.41, 5.74) is 1.85. The second kappa shape index (κ2) is 10.4. The van der Waals surface area contributed by atoms with Crippen molar-refractivity contribution in [3.8, 4) is 11.4 Å². The molecule has 0 spiro atoms. The van der Waals surface area contributed by atoms with Crippen LogP contribution in [-0.4, -0.2) is 38.0 Å². The third-order valence-electron chi connectivity index (χ3n) is 4.03. The fourth-order valence-corrected chi connectivity index (χ4v) is 3.93. The highest BCUT2D eigenvalue weighted by atomic mass is 35.5. The molecule has 3 rings (SSSR count). The van der Waals surface area contributed by atoms with Crippen LogP contribution in [0.5, 0.6) is 0 Å². The van der Waals surface area contributed by atoms with Crippen molar-refractivity contribution >= 4 is 40.9 Å². The van der Waals surface area contributed by atoms with Gasteiger partial charge in [0, 0.05) is 41.1 Å². The van der Waals surface area contributed by atoms with E-state index in [0.717, 1.165) is 11.1 Å². The van der Waals surface area contributed by atoms with Gasteiger partial charge in [-0.15, -0.1) is 16.8 Å².